The smallest absolute Gasteiger partial charge is 0.220 e. The van der Waals surface area contributed by atoms with Gasteiger partial charge in [0, 0.05) is 6.42 Å². The monoisotopic (exact) mass is 706 g/mol. The number of rotatable bonds is 30. The van der Waals surface area contributed by atoms with Crippen LogP contribution in [0.25, 0.3) is 0 Å². The van der Waals surface area contributed by atoms with Crippen LogP contribution >= 0.6 is 0 Å². The Balaban J connectivity index is 2.51. The maximum Gasteiger partial charge on any atom is 0.220 e. The normalized spacial score (nSPS) is 22.9. The number of carbonyl (C=O) groups is 1. The topological polar surface area (TPSA) is 149 Å². The Morgan fingerprint density at radius 2 is 1.26 bits per heavy atom. The molecule has 1 aliphatic heterocycles. The fourth-order valence-corrected chi connectivity index (χ4v) is 5.65. The molecule has 0 saturated carbocycles. The fourth-order valence-electron chi connectivity index (χ4n) is 5.65. The Labute approximate surface area is 303 Å². The van der Waals surface area contributed by atoms with E-state index >= 15 is 0 Å². The number of unbranched alkanes of at least 4 members (excludes halogenated alkanes) is 12. The van der Waals surface area contributed by atoms with Crippen molar-refractivity contribution in [3.63, 3.8) is 0 Å². The lowest BCUT2D eigenvalue weighted by Gasteiger charge is -2.40. The van der Waals surface area contributed by atoms with Gasteiger partial charge in [-0.25, -0.2) is 0 Å². The summed E-state index contributed by atoms with van der Waals surface area (Å²) in [4.78, 5) is 12.8. The number of hydrogen-bond acceptors (Lipinski definition) is 8. The van der Waals surface area contributed by atoms with E-state index in [1.165, 1.54) is 51.4 Å². The van der Waals surface area contributed by atoms with Gasteiger partial charge in [0.15, 0.2) is 6.29 Å². The van der Waals surface area contributed by atoms with Crippen LogP contribution in [0.5, 0.6) is 0 Å². The second kappa shape index (κ2) is 31.6. The average molecular weight is 706 g/mol. The molecule has 0 spiro atoms. The van der Waals surface area contributed by atoms with Crippen molar-refractivity contribution < 1.29 is 39.8 Å². The van der Waals surface area contributed by atoms with Crippen LogP contribution in [-0.2, 0) is 14.3 Å². The molecule has 7 unspecified atom stereocenters. The van der Waals surface area contributed by atoms with Gasteiger partial charge in [0.2, 0.25) is 5.91 Å². The number of aliphatic hydroxyl groups excluding tert-OH is 5. The first-order valence-corrected chi connectivity index (χ1v) is 19.5. The lowest BCUT2D eigenvalue weighted by atomic mass is 9.99. The number of hydrogen-bond donors (Lipinski definition) is 6. The number of allylic oxidation sites excluding steroid dienone is 9. The molecule has 1 saturated heterocycles. The van der Waals surface area contributed by atoms with Gasteiger partial charge < -0.3 is 40.3 Å². The molecule has 0 aromatic carbocycles. The van der Waals surface area contributed by atoms with Crippen molar-refractivity contribution >= 4 is 5.91 Å². The fraction of sp³-hybridized carbons (Fsp3) is 0.732. The third kappa shape index (κ3) is 22.7. The summed E-state index contributed by atoms with van der Waals surface area (Å²) in [6.07, 6.45) is 32.6. The molecule has 1 heterocycles. The average Bonchev–Trinajstić information content (AvgIpc) is 3.11. The largest absolute Gasteiger partial charge is 0.394 e. The third-order valence-corrected chi connectivity index (χ3v) is 8.83. The van der Waals surface area contributed by atoms with Crippen molar-refractivity contribution in [2.75, 3.05) is 13.2 Å². The lowest BCUT2D eigenvalue weighted by Crippen LogP contribution is -2.60. The zero-order chi connectivity index (χ0) is 36.7. The highest BCUT2D eigenvalue weighted by Gasteiger charge is 2.44. The molecule has 0 radical (unpaired) electrons. The highest BCUT2D eigenvalue weighted by molar-refractivity contribution is 5.76. The molecule has 7 atom stereocenters. The molecule has 1 fully saturated rings. The summed E-state index contributed by atoms with van der Waals surface area (Å²) in [5, 5.41) is 53.9. The number of amides is 1. The second-order valence-corrected chi connectivity index (χ2v) is 13.3. The summed E-state index contributed by atoms with van der Waals surface area (Å²) in [5.41, 5.74) is 0. The van der Waals surface area contributed by atoms with E-state index in [1.807, 2.05) is 6.08 Å². The molecular weight excluding hydrogens is 634 g/mol. The van der Waals surface area contributed by atoms with Crippen molar-refractivity contribution in [1.82, 2.24) is 5.32 Å². The predicted molar refractivity (Wildman–Crippen MR) is 202 cm³/mol. The second-order valence-electron chi connectivity index (χ2n) is 13.3. The van der Waals surface area contributed by atoms with Crippen LogP contribution in [-0.4, -0.2) is 87.5 Å². The molecule has 9 nitrogen and oxygen atoms in total. The standard InChI is InChI=1S/C41H71NO8/c1-3-5-7-9-11-13-15-17-19-20-22-24-26-28-30-35(44)34(33-49-41-40(48)39(47)38(46)36(32-43)50-41)42-37(45)31-29-27-25-23-21-18-16-14-12-10-8-6-4-2/h6,8,12,14,18,20-22,28,30,34-36,38-41,43-44,46-48H,3-5,7,9-11,13,15-17,19,23-27,29,31-33H2,1-2H3,(H,42,45)/b8-6-,14-12-,21-18-,22-20+,30-28+. The molecule has 50 heavy (non-hydrogen) atoms. The van der Waals surface area contributed by atoms with Crippen LogP contribution in [0, 0.1) is 0 Å². The maximum absolute atomic E-state index is 12.8. The summed E-state index contributed by atoms with van der Waals surface area (Å²) >= 11 is 0. The quantitative estimate of drug-likeness (QED) is 0.0350. The van der Waals surface area contributed by atoms with Gasteiger partial charge in [-0.2, -0.15) is 0 Å². The van der Waals surface area contributed by atoms with Gasteiger partial charge in [0.25, 0.3) is 0 Å². The highest BCUT2D eigenvalue weighted by Crippen LogP contribution is 2.22. The van der Waals surface area contributed by atoms with E-state index < -0.39 is 49.5 Å². The van der Waals surface area contributed by atoms with Gasteiger partial charge in [0.1, 0.15) is 24.4 Å². The first-order chi connectivity index (χ1) is 24.3. The number of carbonyl (C=O) groups excluding carboxylic acids is 1. The molecule has 0 aromatic heterocycles. The van der Waals surface area contributed by atoms with Gasteiger partial charge in [-0.05, 0) is 64.2 Å². The number of aliphatic hydroxyl groups is 5. The minimum Gasteiger partial charge on any atom is -0.394 e. The lowest BCUT2D eigenvalue weighted by molar-refractivity contribution is -0.302. The van der Waals surface area contributed by atoms with Crippen LogP contribution in [0.2, 0.25) is 0 Å². The van der Waals surface area contributed by atoms with Gasteiger partial charge in [-0.15, -0.1) is 0 Å². The van der Waals surface area contributed by atoms with E-state index in [-0.39, 0.29) is 12.5 Å². The summed E-state index contributed by atoms with van der Waals surface area (Å²) in [7, 11) is 0. The highest BCUT2D eigenvalue weighted by atomic mass is 16.7. The van der Waals surface area contributed by atoms with Gasteiger partial charge in [0.05, 0.1) is 25.4 Å². The Morgan fingerprint density at radius 1 is 0.700 bits per heavy atom. The minimum absolute atomic E-state index is 0.216. The van der Waals surface area contributed by atoms with Crippen molar-refractivity contribution in [2.24, 2.45) is 0 Å². The van der Waals surface area contributed by atoms with Crippen molar-refractivity contribution in [2.45, 2.75) is 179 Å². The van der Waals surface area contributed by atoms with Crippen LogP contribution in [0.1, 0.15) is 136 Å². The van der Waals surface area contributed by atoms with E-state index in [4.69, 9.17) is 9.47 Å². The molecule has 0 aromatic rings. The van der Waals surface area contributed by atoms with Crippen LogP contribution in [0.15, 0.2) is 60.8 Å². The number of nitrogens with one attached hydrogen (secondary N) is 1. The molecule has 0 bridgehead atoms. The summed E-state index contributed by atoms with van der Waals surface area (Å²) in [5.74, 6) is -0.221. The van der Waals surface area contributed by atoms with Crippen LogP contribution in [0.3, 0.4) is 0 Å². The molecule has 6 N–H and O–H groups in total. The zero-order valence-corrected chi connectivity index (χ0v) is 31.1. The summed E-state index contributed by atoms with van der Waals surface area (Å²) in [6, 6.07) is -0.836. The van der Waals surface area contributed by atoms with Crippen LogP contribution in [0.4, 0.5) is 0 Å². The SMILES string of the molecule is CC/C=C\C/C=C\C/C=C\CCCCCC(=O)NC(COC1OC(CO)C(O)C(O)C1O)C(O)/C=C/CC/C=C/CCCCCCCCCC. The zero-order valence-electron chi connectivity index (χ0n) is 31.1. The molecule has 288 valence electrons. The van der Waals surface area contributed by atoms with Crippen molar-refractivity contribution in [1.29, 1.82) is 0 Å². The van der Waals surface area contributed by atoms with Gasteiger partial charge >= 0.3 is 0 Å². The minimum atomic E-state index is -1.58. The van der Waals surface area contributed by atoms with E-state index in [1.54, 1.807) is 6.08 Å². The van der Waals surface area contributed by atoms with Gasteiger partial charge in [-0.1, -0.05) is 126 Å². The van der Waals surface area contributed by atoms with E-state index in [0.29, 0.717) is 12.8 Å². The molecule has 1 rings (SSSR count). The number of ether oxygens (including phenoxy) is 2. The molecule has 0 aliphatic carbocycles. The predicted octanol–water partition coefficient (Wildman–Crippen LogP) is 6.88. The molecule has 9 heteroatoms. The van der Waals surface area contributed by atoms with Crippen molar-refractivity contribution in [3.05, 3.63) is 60.8 Å². The Kier molecular flexibility index (Phi) is 29.0. The molecular formula is C41H71NO8. The van der Waals surface area contributed by atoms with Crippen molar-refractivity contribution in [3.8, 4) is 0 Å². The molecule has 1 amide bonds. The molecule has 1 aliphatic rings. The Morgan fingerprint density at radius 3 is 1.92 bits per heavy atom. The first kappa shape index (κ1) is 45.9. The Hall–Kier alpha value is -2.11. The first-order valence-electron chi connectivity index (χ1n) is 19.5. The van der Waals surface area contributed by atoms with E-state index in [2.05, 4.69) is 67.8 Å². The Bertz CT molecular complexity index is 962. The third-order valence-electron chi connectivity index (χ3n) is 8.83. The van der Waals surface area contributed by atoms with Gasteiger partial charge in [-0.3, -0.25) is 4.79 Å². The van der Waals surface area contributed by atoms with E-state index in [9.17, 15) is 30.3 Å². The summed E-state index contributed by atoms with van der Waals surface area (Å²) in [6.45, 7) is 3.58. The summed E-state index contributed by atoms with van der Waals surface area (Å²) < 4.78 is 11.1. The maximum atomic E-state index is 12.8. The van der Waals surface area contributed by atoms with E-state index in [0.717, 1.165) is 57.8 Å². The van der Waals surface area contributed by atoms with Crippen LogP contribution < -0.4 is 5.32 Å².